The summed E-state index contributed by atoms with van der Waals surface area (Å²) in [7, 11) is 0. The number of aliphatic carboxylic acids is 1. The van der Waals surface area contributed by atoms with Gasteiger partial charge >= 0.3 is 29.6 Å². The maximum atomic E-state index is 10.7. The quantitative estimate of drug-likeness (QED) is 0.571. The molecule has 0 radical (unpaired) electrons. The summed E-state index contributed by atoms with van der Waals surface area (Å²) in [6.45, 7) is 1.40. The monoisotopic (exact) mass is 366 g/mol. The molecule has 0 aliphatic rings. The molecule has 3 rings (SSSR count). The number of carbonyl (C=O) groups is 1. The van der Waals surface area contributed by atoms with Crippen LogP contribution in [-0.4, -0.2) is 22.0 Å². The van der Waals surface area contributed by atoms with Crippen LogP contribution in [0.15, 0.2) is 48.7 Å². The summed E-state index contributed by atoms with van der Waals surface area (Å²) in [5.41, 5.74) is 1.34. The topological polar surface area (TPSA) is 84.4 Å². The molecule has 1 atom stereocenters. The fourth-order valence-corrected chi connectivity index (χ4v) is 2.14. The fourth-order valence-electron chi connectivity index (χ4n) is 1.98. The van der Waals surface area contributed by atoms with E-state index in [-0.39, 0.29) is 29.6 Å². The molecular formula is C17H12ClN2NaO4. The number of halogens is 1. The largest absolute Gasteiger partial charge is 1.00 e. The zero-order valence-corrected chi connectivity index (χ0v) is 16.4. The molecule has 1 unspecified atom stereocenters. The number of benzene rings is 2. The molecule has 1 aromatic heterocycles. The number of aromatic nitrogens is 2. The molecule has 0 aliphatic heterocycles. The zero-order chi connectivity index (χ0) is 17.1. The number of carbonyl (C=O) groups excluding carboxylic acids is 1. The Morgan fingerprint density at radius 3 is 2.48 bits per heavy atom. The third-order valence-corrected chi connectivity index (χ3v) is 3.41. The van der Waals surface area contributed by atoms with Gasteiger partial charge in [0.1, 0.15) is 17.6 Å². The van der Waals surface area contributed by atoms with Gasteiger partial charge in [-0.05, 0) is 49.4 Å². The van der Waals surface area contributed by atoms with E-state index in [9.17, 15) is 9.90 Å². The maximum absolute atomic E-state index is 10.7. The van der Waals surface area contributed by atoms with E-state index in [1.807, 2.05) is 0 Å². The van der Waals surface area contributed by atoms with Crippen LogP contribution in [-0.2, 0) is 4.79 Å². The summed E-state index contributed by atoms with van der Waals surface area (Å²) in [5, 5.41) is 11.2. The fraction of sp³-hybridized carbons (Fsp3) is 0.118. The van der Waals surface area contributed by atoms with Crippen LogP contribution in [0.25, 0.3) is 11.0 Å². The van der Waals surface area contributed by atoms with Gasteiger partial charge in [-0.15, -0.1) is 0 Å². The summed E-state index contributed by atoms with van der Waals surface area (Å²) in [6.07, 6.45) is 0.478. The Balaban J connectivity index is 0.00000225. The minimum absolute atomic E-state index is 0. The smallest absolute Gasteiger partial charge is 0.546 e. The zero-order valence-electron chi connectivity index (χ0n) is 13.6. The number of fused-ring (bicyclic) bond motifs is 1. The van der Waals surface area contributed by atoms with Gasteiger partial charge in [0, 0.05) is 5.02 Å². The minimum atomic E-state index is -1.28. The molecule has 2 aromatic carbocycles. The number of nitrogens with zero attached hydrogens (tertiary/aromatic N) is 2. The van der Waals surface area contributed by atoms with Crippen molar-refractivity contribution in [3.8, 4) is 17.4 Å². The van der Waals surface area contributed by atoms with Crippen molar-refractivity contribution in [3.05, 3.63) is 53.7 Å². The molecule has 0 bridgehead atoms. The van der Waals surface area contributed by atoms with Crippen molar-refractivity contribution >= 4 is 28.6 Å². The van der Waals surface area contributed by atoms with Gasteiger partial charge in [0.05, 0.1) is 23.2 Å². The minimum Gasteiger partial charge on any atom is -0.546 e. The predicted molar refractivity (Wildman–Crippen MR) is 86.2 cm³/mol. The van der Waals surface area contributed by atoms with Crippen molar-refractivity contribution in [2.75, 3.05) is 0 Å². The average Bonchev–Trinajstić information content (AvgIpc) is 2.56. The van der Waals surface area contributed by atoms with Crippen molar-refractivity contribution in [2.45, 2.75) is 13.0 Å². The summed E-state index contributed by atoms with van der Waals surface area (Å²) >= 11 is 5.94. The Morgan fingerprint density at radius 2 is 1.80 bits per heavy atom. The Hall–Kier alpha value is -1.86. The van der Waals surface area contributed by atoms with Crippen molar-refractivity contribution in [2.24, 2.45) is 0 Å². The van der Waals surface area contributed by atoms with Crippen molar-refractivity contribution in [1.82, 2.24) is 9.97 Å². The average molecular weight is 367 g/mol. The second-order valence-corrected chi connectivity index (χ2v) is 5.43. The molecule has 6 nitrogen and oxygen atoms in total. The molecule has 0 saturated carbocycles. The third-order valence-electron chi connectivity index (χ3n) is 3.17. The summed E-state index contributed by atoms with van der Waals surface area (Å²) in [6, 6.07) is 11.7. The SMILES string of the molecule is CC(Oc1ccc(Oc2cnc3ccc(Cl)cc3n2)cc1)C(=O)[O-].[Na+]. The van der Waals surface area contributed by atoms with Crippen LogP contribution in [0.4, 0.5) is 0 Å². The first-order valence-corrected chi connectivity index (χ1v) is 7.47. The van der Waals surface area contributed by atoms with E-state index in [2.05, 4.69) is 9.97 Å². The van der Waals surface area contributed by atoms with Crippen molar-refractivity contribution in [3.63, 3.8) is 0 Å². The normalized spacial score (nSPS) is 11.4. The van der Waals surface area contributed by atoms with Gasteiger partial charge in [0.15, 0.2) is 0 Å². The Bertz CT molecular complexity index is 889. The molecular weight excluding hydrogens is 355 g/mol. The van der Waals surface area contributed by atoms with Gasteiger partial charge in [0.2, 0.25) is 5.88 Å². The molecule has 8 heteroatoms. The van der Waals surface area contributed by atoms with Crippen LogP contribution in [0, 0.1) is 0 Å². The number of hydrogen-bond donors (Lipinski definition) is 0. The van der Waals surface area contributed by atoms with Crippen LogP contribution in [0.2, 0.25) is 5.02 Å². The van der Waals surface area contributed by atoms with Crippen LogP contribution in [0.1, 0.15) is 6.92 Å². The second kappa shape index (κ2) is 8.49. The molecule has 0 fully saturated rings. The van der Waals surface area contributed by atoms with E-state index in [4.69, 9.17) is 21.1 Å². The van der Waals surface area contributed by atoms with Gasteiger partial charge < -0.3 is 19.4 Å². The summed E-state index contributed by atoms with van der Waals surface area (Å²) < 4.78 is 10.8. The van der Waals surface area contributed by atoms with Gasteiger partial charge in [0.25, 0.3) is 0 Å². The van der Waals surface area contributed by atoms with E-state index < -0.39 is 12.1 Å². The number of rotatable bonds is 5. The van der Waals surface area contributed by atoms with E-state index in [1.54, 1.807) is 42.5 Å². The predicted octanol–water partition coefficient (Wildman–Crippen LogP) is -0.403. The van der Waals surface area contributed by atoms with Gasteiger partial charge in [-0.25, -0.2) is 9.97 Å². The van der Waals surface area contributed by atoms with Gasteiger partial charge in [-0.3, -0.25) is 0 Å². The van der Waals surface area contributed by atoms with Crippen LogP contribution in [0.5, 0.6) is 17.4 Å². The molecule has 0 amide bonds. The van der Waals surface area contributed by atoms with E-state index in [0.717, 1.165) is 0 Å². The molecule has 0 saturated heterocycles. The molecule has 1 heterocycles. The Labute approximate surface area is 171 Å². The number of hydrogen-bond acceptors (Lipinski definition) is 6. The van der Waals surface area contributed by atoms with Crippen LogP contribution >= 0.6 is 11.6 Å². The standard InChI is InChI=1S/C17H13ClN2O4.Na/c1-10(17(21)22)23-12-3-5-13(6-4-12)24-16-9-19-14-7-2-11(18)8-15(14)20-16;/h2-10H,1H3,(H,21,22);/q;+1/p-1. The summed E-state index contributed by atoms with van der Waals surface area (Å²) in [4.78, 5) is 19.2. The molecule has 3 aromatic rings. The van der Waals surface area contributed by atoms with E-state index >= 15 is 0 Å². The number of ether oxygens (including phenoxy) is 2. The van der Waals surface area contributed by atoms with Gasteiger partial charge in [-0.1, -0.05) is 11.6 Å². The first kappa shape index (κ1) is 19.5. The number of carboxylic acids is 1. The summed E-state index contributed by atoms with van der Waals surface area (Å²) in [5.74, 6) is -0.0449. The van der Waals surface area contributed by atoms with Crippen LogP contribution < -0.4 is 44.1 Å². The molecule has 0 spiro atoms. The molecule has 0 N–H and O–H groups in total. The third kappa shape index (κ3) is 5.06. The number of carboxylic acid groups (broad SMARTS) is 1. The second-order valence-electron chi connectivity index (χ2n) is 4.99. The van der Waals surface area contributed by atoms with E-state index in [1.165, 1.54) is 13.1 Å². The van der Waals surface area contributed by atoms with Gasteiger partial charge in [-0.2, -0.15) is 0 Å². The van der Waals surface area contributed by atoms with Crippen molar-refractivity contribution < 1.29 is 48.9 Å². The molecule has 122 valence electrons. The Kier molecular flexibility index (Phi) is 6.61. The van der Waals surface area contributed by atoms with Crippen LogP contribution in [0.3, 0.4) is 0 Å². The van der Waals surface area contributed by atoms with E-state index in [0.29, 0.717) is 33.4 Å². The molecule has 25 heavy (non-hydrogen) atoms. The Morgan fingerprint density at radius 1 is 1.12 bits per heavy atom. The first-order valence-electron chi connectivity index (χ1n) is 7.09. The molecule has 0 aliphatic carbocycles. The van der Waals surface area contributed by atoms with Crippen molar-refractivity contribution in [1.29, 1.82) is 0 Å². The first-order chi connectivity index (χ1) is 11.5. The maximum Gasteiger partial charge on any atom is 1.00 e.